The van der Waals surface area contributed by atoms with Gasteiger partial charge in [-0.05, 0) is 62.7 Å². The van der Waals surface area contributed by atoms with E-state index in [9.17, 15) is 9.90 Å². The lowest BCUT2D eigenvalue weighted by atomic mass is 9.71. The third kappa shape index (κ3) is 11.8. The number of carbonyl (C=O) groups excluding carboxylic acids is 1. The molecule has 0 spiro atoms. The number of hydrogen-bond acceptors (Lipinski definition) is 4. The Morgan fingerprint density at radius 3 is 2.33 bits per heavy atom. The van der Waals surface area contributed by atoms with E-state index in [0.29, 0.717) is 24.2 Å². The number of aliphatic hydroxyl groups excluding tert-OH is 1. The van der Waals surface area contributed by atoms with Crippen LogP contribution in [0.1, 0.15) is 59.3 Å². The molecule has 5 atom stereocenters. The Balaban J connectivity index is 0. The Labute approximate surface area is 165 Å². The summed E-state index contributed by atoms with van der Waals surface area (Å²) in [6.45, 7) is 12.5. The normalized spacial score (nSPS) is 20.4. The van der Waals surface area contributed by atoms with Crippen molar-refractivity contribution in [3.63, 3.8) is 0 Å². The molecule has 0 amide bonds. The number of carboxylic acid groups (broad SMARTS) is 1. The van der Waals surface area contributed by atoms with Gasteiger partial charge in [-0.25, -0.2) is 4.79 Å². The maximum atomic E-state index is 10.7. The fourth-order valence-corrected chi connectivity index (χ4v) is 3.68. The molecule has 0 saturated carbocycles. The van der Waals surface area contributed by atoms with Gasteiger partial charge < -0.3 is 19.7 Å². The Kier molecular flexibility index (Phi) is 17.2. The Morgan fingerprint density at radius 1 is 1.33 bits per heavy atom. The van der Waals surface area contributed by atoms with Crippen LogP contribution in [-0.4, -0.2) is 43.3 Å². The predicted molar refractivity (Wildman–Crippen MR) is 111 cm³/mol. The van der Waals surface area contributed by atoms with Gasteiger partial charge in [0.15, 0.2) is 6.10 Å². The molecule has 0 fully saturated rings. The standard InChI is InChI=1S/C19H32O3.C2H6O.CH2O/c1-5-14(3)17(16-9-7-6-8-15(16)4)11-10-13(2)12-18(20)19(21)22;1-3-2;1-2/h5,8,13-14,16-18,20H,1,6-7,9-12H2,2-4H3,(H,21,22);1-2H3;1H2. The quantitative estimate of drug-likeness (QED) is 0.572. The first-order chi connectivity index (χ1) is 12.8. The second kappa shape index (κ2) is 16.7. The summed E-state index contributed by atoms with van der Waals surface area (Å²) in [5.74, 6) is 0.757. The summed E-state index contributed by atoms with van der Waals surface area (Å²) in [4.78, 5) is 18.7. The molecule has 5 nitrogen and oxygen atoms in total. The van der Waals surface area contributed by atoms with E-state index in [-0.39, 0.29) is 5.92 Å². The van der Waals surface area contributed by atoms with Gasteiger partial charge in [0.1, 0.15) is 6.79 Å². The molecule has 0 saturated heterocycles. The number of methoxy groups -OCH3 is 1. The lowest BCUT2D eigenvalue weighted by molar-refractivity contribution is -0.147. The molecule has 1 rings (SSSR count). The average Bonchev–Trinajstić information content (AvgIpc) is 2.65. The highest BCUT2D eigenvalue weighted by Gasteiger charge is 2.28. The molecular formula is C22H40O5. The summed E-state index contributed by atoms with van der Waals surface area (Å²) in [6.07, 6.45) is 9.24. The van der Waals surface area contributed by atoms with E-state index in [0.717, 1.165) is 12.8 Å². The molecule has 1 aliphatic rings. The van der Waals surface area contributed by atoms with Crippen molar-refractivity contribution in [2.24, 2.45) is 23.7 Å². The minimum atomic E-state index is -1.23. The van der Waals surface area contributed by atoms with Crippen LogP contribution in [-0.2, 0) is 14.3 Å². The molecule has 0 aliphatic heterocycles. The summed E-state index contributed by atoms with van der Waals surface area (Å²) in [6, 6.07) is 0. The summed E-state index contributed by atoms with van der Waals surface area (Å²) in [7, 11) is 3.25. The highest BCUT2D eigenvalue weighted by Crippen LogP contribution is 2.38. The van der Waals surface area contributed by atoms with E-state index in [2.05, 4.69) is 31.2 Å². The molecule has 0 heterocycles. The first-order valence-electron chi connectivity index (χ1n) is 9.67. The van der Waals surface area contributed by atoms with Gasteiger partial charge in [-0.15, -0.1) is 6.58 Å². The fourth-order valence-electron chi connectivity index (χ4n) is 3.68. The summed E-state index contributed by atoms with van der Waals surface area (Å²) in [5.41, 5.74) is 1.50. The smallest absolute Gasteiger partial charge is 0.332 e. The number of hydrogen-bond donors (Lipinski definition) is 2. The van der Waals surface area contributed by atoms with E-state index in [1.165, 1.54) is 24.8 Å². The van der Waals surface area contributed by atoms with E-state index < -0.39 is 12.1 Å². The van der Waals surface area contributed by atoms with Crippen LogP contribution in [0, 0.1) is 23.7 Å². The molecule has 0 bridgehead atoms. The van der Waals surface area contributed by atoms with Crippen LogP contribution in [0.2, 0.25) is 0 Å². The van der Waals surface area contributed by atoms with Gasteiger partial charge in [-0.3, -0.25) is 0 Å². The Hall–Kier alpha value is -1.46. The van der Waals surface area contributed by atoms with Crippen molar-refractivity contribution < 1.29 is 24.5 Å². The largest absolute Gasteiger partial charge is 0.479 e. The van der Waals surface area contributed by atoms with E-state index >= 15 is 0 Å². The number of allylic oxidation sites excluding steroid dienone is 3. The lowest BCUT2D eigenvalue weighted by Crippen LogP contribution is -2.26. The van der Waals surface area contributed by atoms with Gasteiger partial charge in [-0.2, -0.15) is 0 Å². The van der Waals surface area contributed by atoms with Gasteiger partial charge in [0.05, 0.1) is 0 Å². The highest BCUT2D eigenvalue weighted by atomic mass is 16.4. The van der Waals surface area contributed by atoms with Crippen LogP contribution in [0.15, 0.2) is 24.3 Å². The maximum absolute atomic E-state index is 10.7. The van der Waals surface area contributed by atoms with Crippen molar-refractivity contribution in [1.29, 1.82) is 0 Å². The van der Waals surface area contributed by atoms with Crippen molar-refractivity contribution in [1.82, 2.24) is 0 Å². The number of carboxylic acids is 1. The summed E-state index contributed by atoms with van der Waals surface area (Å²) >= 11 is 0. The molecule has 27 heavy (non-hydrogen) atoms. The van der Waals surface area contributed by atoms with Crippen LogP contribution >= 0.6 is 0 Å². The van der Waals surface area contributed by atoms with Gasteiger partial charge in [0, 0.05) is 14.2 Å². The Morgan fingerprint density at radius 2 is 1.89 bits per heavy atom. The average molecular weight is 385 g/mol. The zero-order chi connectivity index (χ0) is 21.4. The topological polar surface area (TPSA) is 83.8 Å². The van der Waals surface area contributed by atoms with Crippen LogP contribution in [0.3, 0.4) is 0 Å². The zero-order valence-corrected chi connectivity index (χ0v) is 17.8. The van der Waals surface area contributed by atoms with Crippen molar-refractivity contribution >= 4 is 12.8 Å². The van der Waals surface area contributed by atoms with Crippen molar-refractivity contribution in [2.75, 3.05) is 14.2 Å². The molecule has 5 unspecified atom stereocenters. The van der Waals surface area contributed by atoms with Crippen molar-refractivity contribution in [2.45, 2.75) is 65.4 Å². The maximum Gasteiger partial charge on any atom is 0.332 e. The van der Waals surface area contributed by atoms with Crippen LogP contribution < -0.4 is 0 Å². The summed E-state index contributed by atoms with van der Waals surface area (Å²) < 4.78 is 4.25. The van der Waals surface area contributed by atoms with Crippen LogP contribution in [0.4, 0.5) is 0 Å². The minimum absolute atomic E-state index is 0.221. The molecule has 2 N–H and O–H groups in total. The fraction of sp³-hybridized carbons (Fsp3) is 0.727. The van der Waals surface area contributed by atoms with E-state index in [1.807, 2.05) is 19.8 Å². The number of aliphatic hydroxyl groups is 1. The van der Waals surface area contributed by atoms with Gasteiger partial charge >= 0.3 is 5.97 Å². The molecule has 0 aromatic carbocycles. The zero-order valence-electron chi connectivity index (χ0n) is 17.8. The first kappa shape index (κ1) is 27.8. The first-order valence-corrected chi connectivity index (χ1v) is 9.67. The second-order valence-corrected chi connectivity index (χ2v) is 7.42. The number of rotatable bonds is 9. The van der Waals surface area contributed by atoms with Gasteiger partial charge in [0.25, 0.3) is 0 Å². The van der Waals surface area contributed by atoms with Gasteiger partial charge in [-0.1, -0.05) is 38.0 Å². The van der Waals surface area contributed by atoms with E-state index in [1.54, 1.807) is 14.2 Å². The van der Waals surface area contributed by atoms with E-state index in [4.69, 9.17) is 9.90 Å². The number of carbonyl (C=O) groups is 2. The third-order valence-electron chi connectivity index (χ3n) is 5.24. The van der Waals surface area contributed by atoms with Crippen LogP contribution in [0.25, 0.3) is 0 Å². The SMILES string of the molecule is C=CC(C)C(CCC(C)CC(O)C(=O)O)C1CCCC=C1C.C=O.COC. The predicted octanol–water partition coefficient (Wildman–Crippen LogP) is 4.50. The van der Waals surface area contributed by atoms with Crippen LogP contribution in [0.5, 0.6) is 0 Å². The molecular weight excluding hydrogens is 344 g/mol. The molecule has 0 aromatic heterocycles. The molecule has 1 aliphatic carbocycles. The third-order valence-corrected chi connectivity index (χ3v) is 5.24. The molecule has 158 valence electrons. The Bertz CT molecular complexity index is 432. The van der Waals surface area contributed by atoms with Crippen molar-refractivity contribution in [3.8, 4) is 0 Å². The number of ether oxygens (including phenoxy) is 1. The molecule has 5 heteroatoms. The minimum Gasteiger partial charge on any atom is -0.479 e. The highest BCUT2D eigenvalue weighted by molar-refractivity contribution is 5.71. The molecule has 0 radical (unpaired) electrons. The number of aliphatic carboxylic acids is 1. The second-order valence-electron chi connectivity index (χ2n) is 7.42. The monoisotopic (exact) mass is 384 g/mol. The summed E-state index contributed by atoms with van der Waals surface area (Å²) in [5, 5.41) is 18.3. The molecule has 0 aromatic rings. The lowest BCUT2D eigenvalue weighted by Gasteiger charge is -2.34. The van der Waals surface area contributed by atoms with Gasteiger partial charge in [0.2, 0.25) is 0 Å². The van der Waals surface area contributed by atoms with Crippen molar-refractivity contribution in [3.05, 3.63) is 24.3 Å².